The van der Waals surface area contributed by atoms with Crippen molar-refractivity contribution in [3.8, 4) is 11.5 Å². The third kappa shape index (κ3) is 3.56. The first-order chi connectivity index (χ1) is 10.7. The zero-order valence-corrected chi connectivity index (χ0v) is 12.2. The second kappa shape index (κ2) is 6.49. The highest BCUT2D eigenvalue weighted by Crippen LogP contribution is 2.18. The molecule has 3 rings (SSSR count). The Balaban J connectivity index is 1.59. The summed E-state index contributed by atoms with van der Waals surface area (Å²) in [5.41, 5.74) is 3.06. The van der Waals surface area contributed by atoms with Gasteiger partial charge in [0.05, 0.1) is 6.54 Å². The highest BCUT2D eigenvalue weighted by molar-refractivity contribution is 5.53. The summed E-state index contributed by atoms with van der Waals surface area (Å²) in [6, 6.07) is 14.3. The molecule has 0 aliphatic heterocycles. The van der Waals surface area contributed by atoms with Gasteiger partial charge in [0.15, 0.2) is 0 Å². The number of hydrogen-bond donors (Lipinski definition) is 1. The molecule has 0 aliphatic carbocycles. The van der Waals surface area contributed by atoms with E-state index in [9.17, 15) is 4.39 Å². The smallest absolute Gasteiger partial charge is 0.247 e. The highest BCUT2D eigenvalue weighted by atomic mass is 19.1. The Morgan fingerprint density at radius 1 is 1.05 bits per heavy atom. The number of rotatable bonds is 5. The van der Waals surface area contributed by atoms with Crippen molar-refractivity contribution in [3.05, 3.63) is 71.4 Å². The number of aryl methyl sites for hydroxylation is 1. The molecule has 1 N–H and O–H groups in total. The van der Waals surface area contributed by atoms with E-state index in [1.54, 1.807) is 12.1 Å². The van der Waals surface area contributed by atoms with Crippen molar-refractivity contribution in [3.63, 3.8) is 0 Å². The van der Waals surface area contributed by atoms with Gasteiger partial charge >= 0.3 is 0 Å². The molecule has 0 radical (unpaired) electrons. The topological polar surface area (TPSA) is 51.0 Å². The molecule has 0 bridgehead atoms. The van der Waals surface area contributed by atoms with Crippen LogP contribution in [0.3, 0.4) is 0 Å². The lowest BCUT2D eigenvalue weighted by atomic mass is 10.1. The number of benzene rings is 2. The molecule has 0 aliphatic rings. The van der Waals surface area contributed by atoms with E-state index in [2.05, 4.69) is 15.5 Å². The van der Waals surface area contributed by atoms with E-state index >= 15 is 0 Å². The molecule has 2 aromatic carbocycles. The summed E-state index contributed by atoms with van der Waals surface area (Å²) >= 11 is 0. The lowest BCUT2D eigenvalue weighted by Gasteiger charge is -2.02. The fourth-order valence-corrected chi connectivity index (χ4v) is 2.14. The van der Waals surface area contributed by atoms with Gasteiger partial charge in [0.2, 0.25) is 11.8 Å². The van der Waals surface area contributed by atoms with Crippen LogP contribution in [-0.4, -0.2) is 10.2 Å². The third-order valence-electron chi connectivity index (χ3n) is 3.25. The Morgan fingerprint density at radius 2 is 1.86 bits per heavy atom. The maximum Gasteiger partial charge on any atom is 0.247 e. The molecule has 4 nitrogen and oxygen atoms in total. The van der Waals surface area contributed by atoms with Gasteiger partial charge in [0, 0.05) is 12.1 Å². The molecule has 1 aromatic heterocycles. The molecular formula is C17H16FN3O. The Bertz CT molecular complexity index is 753. The van der Waals surface area contributed by atoms with Crippen molar-refractivity contribution in [2.24, 2.45) is 0 Å². The van der Waals surface area contributed by atoms with Crippen LogP contribution in [0.4, 0.5) is 4.39 Å². The van der Waals surface area contributed by atoms with Gasteiger partial charge in [-0.3, -0.25) is 0 Å². The number of nitrogens with one attached hydrogen (secondary N) is 1. The van der Waals surface area contributed by atoms with Gasteiger partial charge in [-0.25, -0.2) is 4.39 Å². The Morgan fingerprint density at radius 3 is 2.64 bits per heavy atom. The monoisotopic (exact) mass is 297 g/mol. The third-order valence-corrected chi connectivity index (χ3v) is 3.25. The predicted molar refractivity (Wildman–Crippen MR) is 81.4 cm³/mol. The summed E-state index contributed by atoms with van der Waals surface area (Å²) in [5, 5.41) is 11.3. The van der Waals surface area contributed by atoms with E-state index in [4.69, 9.17) is 4.42 Å². The average molecular weight is 297 g/mol. The number of nitrogens with zero attached hydrogens (tertiary/aromatic N) is 2. The maximum absolute atomic E-state index is 12.8. The van der Waals surface area contributed by atoms with Gasteiger partial charge in [-0.2, -0.15) is 0 Å². The number of halogens is 1. The Labute approximate surface area is 128 Å². The molecule has 0 unspecified atom stereocenters. The molecule has 3 aromatic rings. The molecular weight excluding hydrogens is 281 g/mol. The normalized spacial score (nSPS) is 10.8. The molecule has 0 fully saturated rings. The largest absolute Gasteiger partial charge is 0.419 e. The lowest BCUT2D eigenvalue weighted by molar-refractivity contribution is 0.477. The van der Waals surface area contributed by atoms with E-state index in [-0.39, 0.29) is 5.82 Å². The second-order valence-electron chi connectivity index (χ2n) is 5.10. The molecule has 0 spiro atoms. The van der Waals surface area contributed by atoms with E-state index in [0.29, 0.717) is 24.9 Å². The van der Waals surface area contributed by atoms with Gasteiger partial charge < -0.3 is 9.73 Å². The van der Waals surface area contributed by atoms with Gasteiger partial charge in [-0.1, -0.05) is 29.8 Å². The molecule has 0 saturated carbocycles. The molecule has 5 heteroatoms. The minimum absolute atomic E-state index is 0.233. The molecule has 1 heterocycles. The van der Waals surface area contributed by atoms with E-state index in [1.807, 2.05) is 31.2 Å². The van der Waals surface area contributed by atoms with Crippen LogP contribution in [0.5, 0.6) is 0 Å². The van der Waals surface area contributed by atoms with Crippen LogP contribution >= 0.6 is 0 Å². The van der Waals surface area contributed by atoms with E-state index in [1.165, 1.54) is 12.1 Å². The zero-order chi connectivity index (χ0) is 15.4. The van der Waals surface area contributed by atoms with Crippen LogP contribution in [-0.2, 0) is 13.1 Å². The summed E-state index contributed by atoms with van der Waals surface area (Å²) in [5.74, 6) is 0.810. The minimum Gasteiger partial charge on any atom is -0.419 e. The first-order valence-electron chi connectivity index (χ1n) is 7.05. The van der Waals surface area contributed by atoms with Crippen LogP contribution in [0.2, 0.25) is 0 Å². The van der Waals surface area contributed by atoms with Crippen LogP contribution in [0.25, 0.3) is 11.5 Å². The van der Waals surface area contributed by atoms with Crippen LogP contribution < -0.4 is 5.32 Å². The molecule has 22 heavy (non-hydrogen) atoms. The molecule has 0 saturated heterocycles. The van der Waals surface area contributed by atoms with Crippen molar-refractivity contribution in [1.82, 2.24) is 15.5 Å². The standard InChI is InChI=1S/C17H16FN3O/c1-12-3-2-4-14(9-12)17-21-20-16(22-17)11-19-10-13-5-7-15(18)8-6-13/h2-9,19H,10-11H2,1H3. The van der Waals surface area contributed by atoms with Crippen LogP contribution in [0.1, 0.15) is 17.0 Å². The Kier molecular flexibility index (Phi) is 4.25. The van der Waals surface area contributed by atoms with Crippen molar-refractivity contribution in [1.29, 1.82) is 0 Å². The van der Waals surface area contributed by atoms with Crippen LogP contribution in [0, 0.1) is 12.7 Å². The summed E-state index contributed by atoms with van der Waals surface area (Å²) in [6.45, 7) is 3.10. The number of aromatic nitrogens is 2. The minimum atomic E-state index is -0.233. The SMILES string of the molecule is Cc1cccc(-c2nnc(CNCc3ccc(F)cc3)o2)c1. The first-order valence-corrected chi connectivity index (χ1v) is 7.05. The summed E-state index contributed by atoms with van der Waals surface area (Å²) in [4.78, 5) is 0. The second-order valence-corrected chi connectivity index (χ2v) is 5.10. The van der Waals surface area contributed by atoms with Crippen molar-refractivity contribution >= 4 is 0 Å². The van der Waals surface area contributed by atoms with E-state index < -0.39 is 0 Å². The molecule has 112 valence electrons. The Hall–Kier alpha value is -2.53. The van der Waals surface area contributed by atoms with Gasteiger partial charge in [0.25, 0.3) is 0 Å². The summed E-state index contributed by atoms with van der Waals surface area (Å²) in [7, 11) is 0. The fourth-order valence-electron chi connectivity index (χ4n) is 2.14. The number of hydrogen-bond acceptors (Lipinski definition) is 4. The van der Waals surface area contributed by atoms with Gasteiger partial charge in [-0.05, 0) is 36.8 Å². The van der Waals surface area contributed by atoms with Crippen molar-refractivity contribution in [2.45, 2.75) is 20.0 Å². The quantitative estimate of drug-likeness (QED) is 0.783. The highest BCUT2D eigenvalue weighted by Gasteiger charge is 2.08. The summed E-state index contributed by atoms with van der Waals surface area (Å²) in [6.07, 6.45) is 0. The van der Waals surface area contributed by atoms with Gasteiger partial charge in [-0.15, -0.1) is 10.2 Å². The van der Waals surface area contributed by atoms with E-state index in [0.717, 1.165) is 16.7 Å². The first kappa shape index (κ1) is 14.4. The van der Waals surface area contributed by atoms with Crippen molar-refractivity contribution in [2.75, 3.05) is 0 Å². The summed E-state index contributed by atoms with van der Waals surface area (Å²) < 4.78 is 18.4. The zero-order valence-electron chi connectivity index (χ0n) is 12.2. The maximum atomic E-state index is 12.8. The predicted octanol–water partition coefficient (Wildman–Crippen LogP) is 3.47. The van der Waals surface area contributed by atoms with Crippen molar-refractivity contribution < 1.29 is 8.81 Å². The molecule has 0 amide bonds. The van der Waals surface area contributed by atoms with Gasteiger partial charge in [0.1, 0.15) is 5.82 Å². The molecule has 0 atom stereocenters. The fraction of sp³-hybridized carbons (Fsp3) is 0.176. The van der Waals surface area contributed by atoms with Crippen LogP contribution in [0.15, 0.2) is 52.9 Å². The average Bonchev–Trinajstić information content (AvgIpc) is 2.98. The lowest BCUT2D eigenvalue weighted by Crippen LogP contribution is -2.12.